The Kier molecular flexibility index (Phi) is 7.37. The van der Waals surface area contributed by atoms with Crippen molar-refractivity contribution in [1.29, 1.82) is 0 Å². The number of amides is 1. The minimum absolute atomic E-state index is 0.0296. The van der Waals surface area contributed by atoms with Gasteiger partial charge in [-0.15, -0.1) is 6.58 Å². The Bertz CT molecular complexity index is 1280. The molecule has 0 saturated carbocycles. The first-order valence-corrected chi connectivity index (χ1v) is 11.2. The van der Waals surface area contributed by atoms with E-state index < -0.39 is 17.2 Å². The van der Waals surface area contributed by atoms with E-state index in [0.717, 1.165) is 4.57 Å². The van der Waals surface area contributed by atoms with Crippen molar-refractivity contribution in [3.63, 3.8) is 0 Å². The number of benzene rings is 1. The number of carbonyl (C=O) groups excluding carboxylic acids is 1. The second-order valence-electron chi connectivity index (χ2n) is 6.79. The molecule has 11 heteroatoms. The van der Waals surface area contributed by atoms with Gasteiger partial charge in [0.2, 0.25) is 5.91 Å². The van der Waals surface area contributed by atoms with Crippen LogP contribution in [-0.2, 0) is 17.9 Å². The Labute approximate surface area is 193 Å². The van der Waals surface area contributed by atoms with Crippen LogP contribution in [0.3, 0.4) is 0 Å². The molecular formula is C21H24ClN5O4S. The van der Waals surface area contributed by atoms with Crippen molar-refractivity contribution in [2.24, 2.45) is 0 Å². The number of fused-ring (bicyclic) bond motifs is 1. The number of hydrogen-bond donors (Lipinski definition) is 1. The molecule has 0 spiro atoms. The number of nitrogens with one attached hydrogen (secondary N) is 1. The minimum atomic E-state index is -0.623. The van der Waals surface area contributed by atoms with E-state index in [-0.39, 0.29) is 18.7 Å². The lowest BCUT2D eigenvalue weighted by Crippen LogP contribution is -2.41. The number of methoxy groups -OCH3 is 1. The number of rotatable bonds is 9. The van der Waals surface area contributed by atoms with Crippen LogP contribution in [0.4, 0.5) is 10.8 Å². The highest BCUT2D eigenvalue weighted by Gasteiger charge is 2.21. The quantitative estimate of drug-likeness (QED) is 0.476. The van der Waals surface area contributed by atoms with E-state index in [4.69, 9.17) is 16.3 Å². The van der Waals surface area contributed by atoms with Gasteiger partial charge in [0.25, 0.3) is 5.56 Å². The van der Waals surface area contributed by atoms with Crippen LogP contribution in [0.5, 0.6) is 5.75 Å². The van der Waals surface area contributed by atoms with Crippen LogP contribution >= 0.6 is 22.9 Å². The fourth-order valence-corrected chi connectivity index (χ4v) is 4.62. The maximum atomic E-state index is 13.0. The van der Waals surface area contributed by atoms with E-state index in [9.17, 15) is 14.4 Å². The van der Waals surface area contributed by atoms with Gasteiger partial charge < -0.3 is 15.0 Å². The van der Waals surface area contributed by atoms with E-state index in [2.05, 4.69) is 16.9 Å². The molecule has 0 bridgehead atoms. The number of allylic oxidation sites excluding steroid dienone is 1. The molecule has 2 aromatic heterocycles. The lowest BCUT2D eigenvalue weighted by molar-refractivity contribution is -0.116. The van der Waals surface area contributed by atoms with Gasteiger partial charge in [0, 0.05) is 25.3 Å². The van der Waals surface area contributed by atoms with Crippen LogP contribution in [-0.4, -0.2) is 40.2 Å². The van der Waals surface area contributed by atoms with Crippen molar-refractivity contribution in [1.82, 2.24) is 14.1 Å². The summed E-state index contributed by atoms with van der Waals surface area (Å²) in [6.07, 6.45) is 1.46. The molecule has 3 rings (SSSR count). The van der Waals surface area contributed by atoms with E-state index >= 15 is 0 Å². The Morgan fingerprint density at radius 1 is 1.31 bits per heavy atom. The molecule has 0 aliphatic rings. The van der Waals surface area contributed by atoms with Crippen LogP contribution in [0, 0.1) is 0 Å². The average molecular weight is 478 g/mol. The highest BCUT2D eigenvalue weighted by molar-refractivity contribution is 7.22. The monoisotopic (exact) mass is 477 g/mol. The molecule has 2 heterocycles. The van der Waals surface area contributed by atoms with Gasteiger partial charge in [-0.2, -0.15) is 0 Å². The van der Waals surface area contributed by atoms with Crippen molar-refractivity contribution in [2.75, 3.05) is 30.4 Å². The van der Waals surface area contributed by atoms with Crippen LogP contribution < -0.4 is 26.2 Å². The van der Waals surface area contributed by atoms with Gasteiger partial charge in [-0.1, -0.05) is 29.0 Å². The summed E-state index contributed by atoms with van der Waals surface area (Å²) in [4.78, 5) is 45.2. The lowest BCUT2D eigenvalue weighted by Gasteiger charge is -2.16. The zero-order valence-electron chi connectivity index (χ0n) is 18.1. The Hall–Kier alpha value is -3.11. The van der Waals surface area contributed by atoms with Gasteiger partial charge in [0.1, 0.15) is 17.0 Å². The highest BCUT2D eigenvalue weighted by Crippen LogP contribution is 2.28. The molecule has 9 nitrogen and oxygen atoms in total. The van der Waals surface area contributed by atoms with Gasteiger partial charge in [0.15, 0.2) is 10.8 Å². The molecule has 0 aliphatic carbocycles. The number of nitrogens with zero attached hydrogens (tertiary/aromatic N) is 4. The van der Waals surface area contributed by atoms with E-state index in [1.54, 1.807) is 18.2 Å². The maximum Gasteiger partial charge on any atom is 0.333 e. The Morgan fingerprint density at radius 2 is 2.03 bits per heavy atom. The molecule has 0 saturated heterocycles. The molecule has 1 amide bonds. The molecular weight excluding hydrogens is 454 g/mol. The summed E-state index contributed by atoms with van der Waals surface area (Å²) in [6.45, 7) is 8.67. The number of halogens is 1. The third-order valence-corrected chi connectivity index (χ3v) is 6.23. The number of carbonyl (C=O) groups is 1. The molecule has 0 radical (unpaired) electrons. The molecule has 1 aromatic carbocycles. The average Bonchev–Trinajstić information content (AvgIpc) is 3.20. The summed E-state index contributed by atoms with van der Waals surface area (Å²) in [5.41, 5.74) is -0.428. The van der Waals surface area contributed by atoms with Crippen molar-refractivity contribution in [2.45, 2.75) is 26.9 Å². The van der Waals surface area contributed by atoms with E-state index in [1.807, 2.05) is 18.7 Å². The predicted molar refractivity (Wildman–Crippen MR) is 129 cm³/mol. The Morgan fingerprint density at radius 3 is 2.62 bits per heavy atom. The van der Waals surface area contributed by atoms with Gasteiger partial charge >= 0.3 is 5.69 Å². The van der Waals surface area contributed by atoms with Crippen molar-refractivity contribution in [3.05, 3.63) is 56.7 Å². The van der Waals surface area contributed by atoms with Crippen molar-refractivity contribution < 1.29 is 9.53 Å². The summed E-state index contributed by atoms with van der Waals surface area (Å²) in [6, 6.07) is 4.82. The second-order valence-corrected chi connectivity index (χ2v) is 8.18. The smallest absolute Gasteiger partial charge is 0.333 e. The van der Waals surface area contributed by atoms with Gasteiger partial charge in [0.05, 0.1) is 12.1 Å². The molecule has 1 N–H and O–H groups in total. The molecule has 0 unspecified atom stereocenters. The van der Waals surface area contributed by atoms with E-state index in [1.165, 1.54) is 29.1 Å². The molecule has 0 atom stereocenters. The molecule has 3 aromatic rings. The third kappa shape index (κ3) is 4.56. The summed E-state index contributed by atoms with van der Waals surface area (Å²) < 4.78 is 7.69. The maximum absolute atomic E-state index is 13.0. The zero-order valence-corrected chi connectivity index (χ0v) is 19.6. The molecule has 170 valence electrons. The first-order chi connectivity index (χ1) is 15.3. The minimum Gasteiger partial charge on any atom is -0.495 e. The van der Waals surface area contributed by atoms with E-state index in [0.29, 0.717) is 39.4 Å². The number of hydrogen-bond acceptors (Lipinski definition) is 7. The largest absolute Gasteiger partial charge is 0.495 e. The zero-order chi connectivity index (χ0) is 23.4. The predicted octanol–water partition coefficient (Wildman–Crippen LogP) is 2.95. The lowest BCUT2D eigenvalue weighted by atomic mass is 10.3. The number of ether oxygens (including phenoxy) is 1. The van der Waals surface area contributed by atoms with Crippen LogP contribution in [0.2, 0.25) is 5.02 Å². The van der Waals surface area contributed by atoms with Crippen LogP contribution in [0.25, 0.3) is 10.3 Å². The molecule has 32 heavy (non-hydrogen) atoms. The number of aromatic nitrogens is 3. The first kappa shape index (κ1) is 23.6. The fraction of sp³-hybridized carbons (Fsp3) is 0.333. The summed E-state index contributed by atoms with van der Waals surface area (Å²) >= 11 is 7.32. The van der Waals surface area contributed by atoms with Crippen LogP contribution in [0.1, 0.15) is 13.8 Å². The van der Waals surface area contributed by atoms with Gasteiger partial charge in [-0.3, -0.25) is 18.7 Å². The molecule has 0 aliphatic heterocycles. The fourth-order valence-electron chi connectivity index (χ4n) is 3.22. The summed E-state index contributed by atoms with van der Waals surface area (Å²) in [5, 5.41) is 3.67. The van der Waals surface area contributed by atoms with Gasteiger partial charge in [-0.05, 0) is 32.0 Å². The van der Waals surface area contributed by atoms with Crippen molar-refractivity contribution in [3.8, 4) is 5.75 Å². The summed E-state index contributed by atoms with van der Waals surface area (Å²) in [7, 11) is 1.50. The number of anilines is 2. The first-order valence-electron chi connectivity index (χ1n) is 9.97. The highest BCUT2D eigenvalue weighted by atomic mass is 35.5. The standard InChI is InChI=1S/C21H24ClN5O4S/c1-5-10-26-19(29)17-18(24-20(32-17)25(6-2)7-3)27(21(26)30)12-16(28)23-13-8-9-15(31-4)14(22)11-13/h5,8-9,11H,1,6-7,10,12H2,2-4H3,(H,23,28). The SMILES string of the molecule is C=CCn1c(=O)c2sc(N(CC)CC)nc2n(CC(=O)Nc2ccc(OC)c(Cl)c2)c1=O. The van der Waals surface area contributed by atoms with Crippen molar-refractivity contribution >= 4 is 50.0 Å². The van der Waals surface area contributed by atoms with Crippen LogP contribution in [0.15, 0.2) is 40.4 Å². The topological polar surface area (TPSA) is 98.5 Å². The second kappa shape index (κ2) is 10.0. The Balaban J connectivity index is 2.04. The third-order valence-electron chi connectivity index (χ3n) is 4.84. The van der Waals surface area contributed by atoms with Gasteiger partial charge in [-0.25, -0.2) is 9.78 Å². The summed E-state index contributed by atoms with van der Waals surface area (Å²) in [5.74, 6) is 0.0151. The normalized spacial score (nSPS) is 10.9. The number of thiazole rings is 1. The molecule has 0 fully saturated rings.